The summed E-state index contributed by atoms with van der Waals surface area (Å²) in [7, 11) is 0. The van der Waals surface area contributed by atoms with Crippen LogP contribution < -0.4 is 0 Å². The number of carboxylic acids is 1. The average molecular weight is 369 g/mol. The molecule has 0 aliphatic carbocycles. The van der Waals surface area contributed by atoms with Gasteiger partial charge < -0.3 is 10.0 Å². The largest absolute Gasteiger partial charge is 0.481 e. The number of carbonyl (C=O) groups excluding carboxylic acids is 1. The van der Waals surface area contributed by atoms with E-state index in [1.165, 1.54) is 6.92 Å². The van der Waals surface area contributed by atoms with Crippen LogP contribution in [0.5, 0.6) is 0 Å². The summed E-state index contributed by atoms with van der Waals surface area (Å²) in [5, 5.41) is 9.11. The van der Waals surface area contributed by atoms with Gasteiger partial charge >= 0.3 is 18.3 Å². The quantitative estimate of drug-likeness (QED) is 0.810. The molecule has 2 rings (SSSR count). The van der Waals surface area contributed by atoms with Crippen LogP contribution in [0.4, 0.5) is 26.3 Å². The number of carbonyl (C=O) groups is 2. The Morgan fingerprint density at radius 1 is 1.04 bits per heavy atom. The highest BCUT2D eigenvalue weighted by atomic mass is 19.4. The molecular weight excluding hydrogens is 356 g/mol. The molecule has 1 aromatic carbocycles. The number of likely N-dealkylation sites (tertiary alicyclic amines) is 1. The monoisotopic (exact) mass is 369 g/mol. The molecule has 0 saturated carbocycles. The number of rotatable bonds is 2. The molecule has 0 spiro atoms. The highest BCUT2D eigenvalue weighted by Gasteiger charge is 2.43. The van der Waals surface area contributed by atoms with Crippen molar-refractivity contribution in [1.82, 2.24) is 4.90 Å². The minimum absolute atomic E-state index is 0.0547. The van der Waals surface area contributed by atoms with Gasteiger partial charge in [0.2, 0.25) is 0 Å². The van der Waals surface area contributed by atoms with Gasteiger partial charge in [-0.2, -0.15) is 26.3 Å². The van der Waals surface area contributed by atoms with E-state index in [0.29, 0.717) is 12.1 Å². The molecule has 1 atom stereocenters. The number of carboxylic acid groups (broad SMARTS) is 1. The Morgan fingerprint density at radius 3 is 1.88 bits per heavy atom. The van der Waals surface area contributed by atoms with E-state index in [0.717, 1.165) is 4.90 Å². The van der Waals surface area contributed by atoms with Crippen LogP contribution in [0.1, 0.15) is 34.8 Å². The topological polar surface area (TPSA) is 57.6 Å². The molecule has 1 unspecified atom stereocenters. The first kappa shape index (κ1) is 19.1. The number of amides is 1. The summed E-state index contributed by atoms with van der Waals surface area (Å²) < 4.78 is 77.0. The fourth-order valence-corrected chi connectivity index (χ4v) is 2.57. The van der Waals surface area contributed by atoms with Crippen molar-refractivity contribution in [3.63, 3.8) is 0 Å². The van der Waals surface area contributed by atoms with Gasteiger partial charge in [0.25, 0.3) is 5.91 Å². The molecule has 1 N–H and O–H groups in total. The van der Waals surface area contributed by atoms with Crippen LogP contribution in [0.15, 0.2) is 18.2 Å². The molecule has 1 saturated heterocycles. The van der Waals surface area contributed by atoms with Crippen molar-refractivity contribution < 1.29 is 41.0 Å². The molecule has 0 bridgehead atoms. The van der Waals surface area contributed by atoms with Gasteiger partial charge in [0.1, 0.15) is 0 Å². The Morgan fingerprint density at radius 2 is 1.52 bits per heavy atom. The number of benzene rings is 1. The van der Waals surface area contributed by atoms with E-state index in [1.54, 1.807) is 0 Å². The molecular formula is C15H13F6NO3. The minimum Gasteiger partial charge on any atom is -0.481 e. The van der Waals surface area contributed by atoms with Crippen LogP contribution in [-0.2, 0) is 17.1 Å². The zero-order valence-corrected chi connectivity index (χ0v) is 12.8. The molecule has 1 heterocycles. The summed E-state index contributed by atoms with van der Waals surface area (Å²) in [4.78, 5) is 24.4. The maximum absolute atomic E-state index is 12.8. The second kappa shape index (κ2) is 5.92. The summed E-state index contributed by atoms with van der Waals surface area (Å²) in [5.41, 5.74) is -5.25. The molecule has 1 fully saturated rings. The number of hydrogen-bond acceptors (Lipinski definition) is 2. The minimum atomic E-state index is -5.06. The lowest BCUT2D eigenvalue weighted by molar-refractivity contribution is -0.147. The molecule has 1 aliphatic rings. The number of alkyl halides is 6. The van der Waals surface area contributed by atoms with E-state index in [4.69, 9.17) is 5.11 Å². The normalized spacial score (nSPS) is 21.5. The number of nitrogens with zero attached hydrogens (tertiary/aromatic N) is 1. The Hall–Kier alpha value is -2.26. The third-order valence-electron chi connectivity index (χ3n) is 4.11. The van der Waals surface area contributed by atoms with Crippen LogP contribution in [0.2, 0.25) is 0 Å². The van der Waals surface area contributed by atoms with Gasteiger partial charge in [-0.25, -0.2) is 0 Å². The average Bonchev–Trinajstić information content (AvgIpc) is 2.88. The molecule has 1 amide bonds. The van der Waals surface area contributed by atoms with E-state index in [-0.39, 0.29) is 25.6 Å². The lowest BCUT2D eigenvalue weighted by Gasteiger charge is -2.21. The first-order valence-electron chi connectivity index (χ1n) is 7.06. The Labute approximate surface area is 138 Å². The standard InChI is InChI=1S/C15H13F6NO3/c1-13(12(24)25)2-3-22(7-13)11(23)8-4-9(14(16,17)18)6-10(5-8)15(19,20)21/h4-6H,2-3,7H2,1H3,(H,24,25). The molecule has 138 valence electrons. The Balaban J connectivity index is 2.42. The van der Waals surface area contributed by atoms with Gasteiger partial charge in [0.15, 0.2) is 0 Å². The van der Waals surface area contributed by atoms with Crippen molar-refractivity contribution in [3.05, 3.63) is 34.9 Å². The third kappa shape index (κ3) is 3.88. The first-order valence-corrected chi connectivity index (χ1v) is 7.06. The maximum Gasteiger partial charge on any atom is 0.416 e. The van der Waals surface area contributed by atoms with Crippen molar-refractivity contribution in [2.45, 2.75) is 25.7 Å². The molecule has 10 heteroatoms. The van der Waals surface area contributed by atoms with E-state index in [1.807, 2.05) is 0 Å². The molecule has 25 heavy (non-hydrogen) atoms. The van der Waals surface area contributed by atoms with Gasteiger partial charge in [-0.15, -0.1) is 0 Å². The molecule has 4 nitrogen and oxygen atoms in total. The summed E-state index contributed by atoms with van der Waals surface area (Å²) >= 11 is 0. The molecule has 0 radical (unpaired) electrons. The lowest BCUT2D eigenvalue weighted by atomic mass is 9.90. The van der Waals surface area contributed by atoms with E-state index in [2.05, 4.69) is 0 Å². The van der Waals surface area contributed by atoms with Crippen LogP contribution in [0.25, 0.3) is 0 Å². The van der Waals surface area contributed by atoms with E-state index in [9.17, 15) is 35.9 Å². The number of aliphatic carboxylic acids is 1. The van der Waals surface area contributed by atoms with Gasteiger partial charge in [0, 0.05) is 18.7 Å². The lowest BCUT2D eigenvalue weighted by Crippen LogP contribution is -2.35. The zero-order valence-electron chi connectivity index (χ0n) is 12.8. The summed E-state index contributed by atoms with van der Waals surface area (Å²) in [6.07, 6.45) is -10.1. The number of halogens is 6. The second-order valence-electron chi connectivity index (χ2n) is 6.14. The van der Waals surface area contributed by atoms with Crippen molar-refractivity contribution in [3.8, 4) is 0 Å². The van der Waals surface area contributed by atoms with Gasteiger partial charge in [-0.3, -0.25) is 9.59 Å². The summed E-state index contributed by atoms with van der Waals surface area (Å²) in [6.45, 7) is 0.994. The molecule has 1 aromatic rings. The maximum atomic E-state index is 12.8. The first-order chi connectivity index (χ1) is 11.2. The van der Waals surface area contributed by atoms with Crippen LogP contribution in [0.3, 0.4) is 0 Å². The van der Waals surface area contributed by atoms with Gasteiger partial charge in [-0.05, 0) is 31.5 Å². The fourth-order valence-electron chi connectivity index (χ4n) is 2.57. The molecule has 0 aromatic heterocycles. The van der Waals surface area contributed by atoms with Crippen LogP contribution in [0, 0.1) is 5.41 Å². The molecule has 1 aliphatic heterocycles. The van der Waals surface area contributed by atoms with Crippen LogP contribution in [-0.4, -0.2) is 35.0 Å². The Bertz CT molecular complexity index is 680. The SMILES string of the molecule is CC1(C(=O)O)CCN(C(=O)c2cc(C(F)(F)F)cc(C(F)(F)F)c2)C1. The van der Waals surface area contributed by atoms with Crippen molar-refractivity contribution in [2.24, 2.45) is 5.41 Å². The predicted octanol–water partition coefficient (Wildman–Crippen LogP) is 3.66. The van der Waals surface area contributed by atoms with Gasteiger partial charge in [-0.1, -0.05) is 0 Å². The van der Waals surface area contributed by atoms with E-state index >= 15 is 0 Å². The predicted molar refractivity (Wildman–Crippen MR) is 72.7 cm³/mol. The summed E-state index contributed by atoms with van der Waals surface area (Å²) in [5.74, 6) is -2.26. The Kier molecular flexibility index (Phi) is 4.52. The van der Waals surface area contributed by atoms with Gasteiger partial charge in [0.05, 0.1) is 16.5 Å². The highest BCUT2D eigenvalue weighted by molar-refractivity contribution is 5.95. The van der Waals surface area contributed by atoms with Crippen molar-refractivity contribution in [2.75, 3.05) is 13.1 Å². The number of hydrogen-bond donors (Lipinski definition) is 1. The van der Waals surface area contributed by atoms with Crippen molar-refractivity contribution in [1.29, 1.82) is 0 Å². The summed E-state index contributed by atoms with van der Waals surface area (Å²) in [6, 6.07) is 0.615. The van der Waals surface area contributed by atoms with E-state index < -0.39 is 46.3 Å². The smallest absolute Gasteiger partial charge is 0.416 e. The zero-order chi connectivity index (χ0) is 19.2. The third-order valence-corrected chi connectivity index (χ3v) is 4.11. The van der Waals surface area contributed by atoms with Crippen LogP contribution >= 0.6 is 0 Å². The highest BCUT2D eigenvalue weighted by Crippen LogP contribution is 2.37. The van der Waals surface area contributed by atoms with Crippen molar-refractivity contribution >= 4 is 11.9 Å². The fraction of sp³-hybridized carbons (Fsp3) is 0.467. The second-order valence-corrected chi connectivity index (χ2v) is 6.14.